The third kappa shape index (κ3) is 2.24. The predicted molar refractivity (Wildman–Crippen MR) is 56.9 cm³/mol. The van der Waals surface area contributed by atoms with Crippen molar-refractivity contribution in [2.24, 2.45) is 0 Å². The molecule has 0 aliphatic heterocycles. The van der Waals surface area contributed by atoms with Crippen LogP contribution in [-0.2, 0) is 17.4 Å². The predicted octanol–water partition coefficient (Wildman–Crippen LogP) is 1.61. The van der Waals surface area contributed by atoms with Crippen LogP contribution in [0.25, 0.3) is 0 Å². The van der Waals surface area contributed by atoms with Gasteiger partial charge in [0.1, 0.15) is 0 Å². The van der Waals surface area contributed by atoms with E-state index >= 15 is 0 Å². The van der Waals surface area contributed by atoms with Gasteiger partial charge in [0.2, 0.25) is 0 Å². The first-order valence-electron chi connectivity index (χ1n) is 4.67. The summed E-state index contributed by atoms with van der Waals surface area (Å²) in [6.45, 7) is 3.79. The van der Waals surface area contributed by atoms with Crippen LogP contribution in [0.1, 0.15) is 25.0 Å². The van der Waals surface area contributed by atoms with Crippen molar-refractivity contribution in [3.05, 3.63) is 29.3 Å². The Bertz CT molecular complexity index is 345. The average molecular weight is 214 g/mol. The van der Waals surface area contributed by atoms with Gasteiger partial charge in [-0.25, -0.2) is 0 Å². The molecule has 1 rings (SSSR count). The molecule has 1 aromatic carbocycles. The van der Waals surface area contributed by atoms with E-state index in [-0.39, 0.29) is 5.30 Å². The van der Waals surface area contributed by atoms with Gasteiger partial charge in [0.25, 0.3) is 0 Å². The molecular weight excluding hydrogens is 199 g/mol. The van der Waals surface area contributed by atoms with Crippen molar-refractivity contribution < 1.29 is 14.4 Å². The first kappa shape index (κ1) is 11.4. The molecule has 0 spiro atoms. The zero-order valence-corrected chi connectivity index (χ0v) is 9.29. The quantitative estimate of drug-likeness (QED) is 0.751. The Hall–Kier alpha value is -0.630. The third-order valence-electron chi connectivity index (χ3n) is 2.26. The van der Waals surface area contributed by atoms with Crippen LogP contribution in [0.15, 0.2) is 18.2 Å². The van der Waals surface area contributed by atoms with Crippen molar-refractivity contribution in [1.82, 2.24) is 0 Å². The molecule has 0 bridgehead atoms. The highest BCUT2D eigenvalue weighted by molar-refractivity contribution is 7.60. The van der Waals surface area contributed by atoms with E-state index in [0.717, 1.165) is 11.1 Å². The molecule has 0 aromatic heterocycles. The van der Waals surface area contributed by atoms with E-state index in [2.05, 4.69) is 0 Å². The highest BCUT2D eigenvalue weighted by Crippen LogP contribution is 2.36. The molecule has 2 N–H and O–H groups in total. The lowest BCUT2D eigenvalue weighted by Gasteiger charge is -2.13. The molecular formula is C10H15O3P. The van der Waals surface area contributed by atoms with Crippen molar-refractivity contribution in [2.45, 2.75) is 26.7 Å². The Morgan fingerprint density at radius 2 is 1.57 bits per heavy atom. The summed E-state index contributed by atoms with van der Waals surface area (Å²) in [4.78, 5) is 18.4. The van der Waals surface area contributed by atoms with Gasteiger partial charge in [0, 0.05) is 0 Å². The Kier molecular flexibility index (Phi) is 3.48. The molecule has 0 unspecified atom stereocenters. The lowest BCUT2D eigenvalue weighted by Crippen LogP contribution is -2.15. The van der Waals surface area contributed by atoms with Gasteiger partial charge in [-0.2, -0.15) is 0 Å². The third-order valence-corrected chi connectivity index (χ3v) is 3.41. The first-order valence-corrected chi connectivity index (χ1v) is 6.28. The molecule has 0 atom stereocenters. The van der Waals surface area contributed by atoms with Crippen LogP contribution >= 0.6 is 7.60 Å². The van der Waals surface area contributed by atoms with E-state index in [9.17, 15) is 14.4 Å². The highest BCUT2D eigenvalue weighted by atomic mass is 31.2. The smallest absolute Gasteiger partial charge is 0.321 e. The van der Waals surface area contributed by atoms with Crippen LogP contribution in [0.3, 0.4) is 0 Å². The SMILES string of the molecule is CCc1cccc(CC)c1P(=O)(O)O. The maximum Gasteiger partial charge on any atom is 0.356 e. The second kappa shape index (κ2) is 4.26. The topological polar surface area (TPSA) is 57.5 Å². The van der Waals surface area contributed by atoms with Crippen molar-refractivity contribution in [1.29, 1.82) is 0 Å². The molecule has 1 aromatic rings. The van der Waals surface area contributed by atoms with Gasteiger partial charge < -0.3 is 9.79 Å². The zero-order chi connectivity index (χ0) is 10.8. The van der Waals surface area contributed by atoms with Gasteiger partial charge in [-0.3, -0.25) is 4.57 Å². The second-order valence-electron chi connectivity index (χ2n) is 3.18. The molecule has 0 fully saturated rings. The number of hydrogen-bond acceptors (Lipinski definition) is 1. The molecule has 0 radical (unpaired) electrons. The van der Waals surface area contributed by atoms with Crippen LogP contribution in [0.5, 0.6) is 0 Å². The minimum Gasteiger partial charge on any atom is -0.321 e. The minimum absolute atomic E-state index is 0.227. The van der Waals surface area contributed by atoms with E-state index in [4.69, 9.17) is 0 Å². The molecule has 78 valence electrons. The summed E-state index contributed by atoms with van der Waals surface area (Å²) < 4.78 is 11.3. The molecule has 0 saturated heterocycles. The standard InChI is InChI=1S/C10H15O3P/c1-3-8-6-5-7-9(4-2)10(8)14(11,12)13/h5-7H,3-4H2,1-2H3,(H2,11,12,13). The average Bonchev–Trinajstić information content (AvgIpc) is 2.15. The fraction of sp³-hybridized carbons (Fsp3) is 0.400. The van der Waals surface area contributed by atoms with Crippen LogP contribution < -0.4 is 5.30 Å². The fourth-order valence-corrected chi connectivity index (χ4v) is 2.80. The highest BCUT2D eigenvalue weighted by Gasteiger charge is 2.23. The lowest BCUT2D eigenvalue weighted by atomic mass is 10.1. The Morgan fingerprint density at radius 3 is 1.86 bits per heavy atom. The summed E-state index contributed by atoms with van der Waals surface area (Å²) in [5.41, 5.74) is 1.50. The molecule has 3 nitrogen and oxygen atoms in total. The summed E-state index contributed by atoms with van der Waals surface area (Å²) in [7, 11) is -4.13. The molecule has 0 heterocycles. The van der Waals surface area contributed by atoms with E-state index in [1.54, 1.807) is 12.1 Å². The van der Waals surface area contributed by atoms with Crippen LogP contribution in [0.4, 0.5) is 0 Å². The van der Waals surface area contributed by atoms with Gasteiger partial charge in [0.15, 0.2) is 0 Å². The normalized spacial score (nSPS) is 11.7. The molecule has 14 heavy (non-hydrogen) atoms. The summed E-state index contributed by atoms with van der Waals surface area (Å²) in [6.07, 6.45) is 1.29. The Labute approximate surface area is 83.9 Å². The number of rotatable bonds is 3. The molecule has 0 aliphatic rings. The molecule has 0 aliphatic carbocycles. The number of aryl methyl sites for hydroxylation is 2. The summed E-state index contributed by atoms with van der Waals surface area (Å²) in [6, 6.07) is 5.39. The second-order valence-corrected chi connectivity index (χ2v) is 4.71. The zero-order valence-electron chi connectivity index (χ0n) is 8.40. The van der Waals surface area contributed by atoms with E-state index < -0.39 is 7.60 Å². The number of benzene rings is 1. The van der Waals surface area contributed by atoms with E-state index in [0.29, 0.717) is 12.8 Å². The Morgan fingerprint density at radius 1 is 1.14 bits per heavy atom. The maximum absolute atomic E-state index is 11.3. The van der Waals surface area contributed by atoms with Crippen LogP contribution in [-0.4, -0.2) is 9.79 Å². The van der Waals surface area contributed by atoms with Crippen LogP contribution in [0, 0.1) is 0 Å². The largest absolute Gasteiger partial charge is 0.356 e. The lowest BCUT2D eigenvalue weighted by molar-refractivity contribution is 0.387. The number of hydrogen-bond donors (Lipinski definition) is 2. The minimum atomic E-state index is -4.13. The summed E-state index contributed by atoms with van der Waals surface area (Å²) >= 11 is 0. The van der Waals surface area contributed by atoms with Crippen LogP contribution in [0.2, 0.25) is 0 Å². The van der Waals surface area contributed by atoms with Gasteiger partial charge >= 0.3 is 7.60 Å². The van der Waals surface area contributed by atoms with E-state index in [1.165, 1.54) is 0 Å². The molecule has 0 saturated carbocycles. The van der Waals surface area contributed by atoms with Crippen molar-refractivity contribution in [2.75, 3.05) is 0 Å². The fourth-order valence-electron chi connectivity index (χ4n) is 1.59. The van der Waals surface area contributed by atoms with E-state index in [1.807, 2.05) is 19.9 Å². The van der Waals surface area contributed by atoms with Crippen molar-refractivity contribution in [3.63, 3.8) is 0 Å². The summed E-state index contributed by atoms with van der Waals surface area (Å²) in [5, 5.41) is 0.227. The van der Waals surface area contributed by atoms with Gasteiger partial charge in [-0.1, -0.05) is 32.0 Å². The maximum atomic E-state index is 11.3. The van der Waals surface area contributed by atoms with Gasteiger partial charge in [-0.05, 0) is 24.0 Å². The molecule has 4 heteroatoms. The monoisotopic (exact) mass is 214 g/mol. The summed E-state index contributed by atoms with van der Waals surface area (Å²) in [5.74, 6) is 0. The van der Waals surface area contributed by atoms with Gasteiger partial charge in [-0.15, -0.1) is 0 Å². The van der Waals surface area contributed by atoms with Crippen molar-refractivity contribution >= 4 is 12.9 Å². The van der Waals surface area contributed by atoms with Crippen molar-refractivity contribution in [3.8, 4) is 0 Å². The molecule has 0 amide bonds. The Balaban J connectivity index is 3.42. The first-order chi connectivity index (χ1) is 6.50. The van der Waals surface area contributed by atoms with Gasteiger partial charge in [0.05, 0.1) is 5.30 Å².